The van der Waals surface area contributed by atoms with Crippen LogP contribution in [0.1, 0.15) is 31.9 Å². The summed E-state index contributed by atoms with van der Waals surface area (Å²) in [6, 6.07) is 6.60. The predicted molar refractivity (Wildman–Crippen MR) is 81.6 cm³/mol. The second kappa shape index (κ2) is 6.52. The molecule has 0 radical (unpaired) electrons. The quantitative estimate of drug-likeness (QED) is 0.930. The van der Waals surface area contributed by atoms with Gasteiger partial charge in [-0.15, -0.1) is 0 Å². The molecule has 1 heterocycles. The smallest absolute Gasteiger partial charge is 0.315 e. The lowest BCUT2D eigenvalue weighted by atomic mass is 9.87. The number of carbonyl (C=O) groups is 1. The average molecular weight is 310 g/mol. The Bertz CT molecular complexity index is 519. The molecule has 1 fully saturated rings. The van der Waals surface area contributed by atoms with Crippen molar-refractivity contribution >= 4 is 6.03 Å². The number of primary amides is 1. The molecule has 22 heavy (non-hydrogen) atoms. The number of ether oxygens (including phenoxy) is 2. The number of rotatable bonds is 4. The van der Waals surface area contributed by atoms with Gasteiger partial charge in [0.2, 0.25) is 0 Å². The van der Waals surface area contributed by atoms with Gasteiger partial charge in [-0.25, -0.2) is 4.79 Å². The maximum Gasteiger partial charge on any atom is 0.315 e. The van der Waals surface area contributed by atoms with Crippen LogP contribution in [0.5, 0.6) is 5.75 Å². The van der Waals surface area contributed by atoms with Gasteiger partial charge in [-0.3, -0.25) is 4.39 Å². The second-order valence-corrected chi connectivity index (χ2v) is 5.95. The van der Waals surface area contributed by atoms with E-state index in [1.807, 2.05) is 38.1 Å². The van der Waals surface area contributed by atoms with Gasteiger partial charge >= 0.3 is 6.03 Å². The van der Waals surface area contributed by atoms with Crippen LogP contribution in [0.4, 0.5) is 9.18 Å². The molecular formula is C16H23FN2O3. The molecule has 0 spiro atoms. The van der Waals surface area contributed by atoms with E-state index in [1.54, 1.807) is 12.0 Å². The first-order valence-electron chi connectivity index (χ1n) is 7.32. The van der Waals surface area contributed by atoms with Crippen molar-refractivity contribution in [3.8, 4) is 5.75 Å². The summed E-state index contributed by atoms with van der Waals surface area (Å²) in [5.41, 5.74) is 5.83. The lowest BCUT2D eigenvalue weighted by Crippen LogP contribution is -2.63. The van der Waals surface area contributed by atoms with Crippen molar-refractivity contribution in [2.24, 2.45) is 5.73 Å². The lowest BCUT2D eigenvalue weighted by Gasteiger charge is -2.51. The fourth-order valence-electron chi connectivity index (χ4n) is 3.09. The Kier molecular flexibility index (Phi) is 4.90. The molecular weight excluding hydrogens is 287 g/mol. The number of carbonyl (C=O) groups excluding carboxylic acids is 1. The molecule has 0 aromatic heterocycles. The number of nitrogens with zero attached hydrogens (tertiary/aromatic N) is 1. The van der Waals surface area contributed by atoms with E-state index in [9.17, 15) is 9.18 Å². The van der Waals surface area contributed by atoms with Crippen molar-refractivity contribution in [3.63, 3.8) is 0 Å². The Labute approximate surface area is 130 Å². The predicted octanol–water partition coefficient (Wildman–Crippen LogP) is 2.65. The zero-order valence-corrected chi connectivity index (χ0v) is 13.2. The van der Waals surface area contributed by atoms with Crippen LogP contribution in [0.25, 0.3) is 0 Å². The summed E-state index contributed by atoms with van der Waals surface area (Å²) in [6.07, 6.45) is -0.133. The molecule has 2 unspecified atom stereocenters. The minimum Gasteiger partial charge on any atom is -0.497 e. The topological polar surface area (TPSA) is 64.8 Å². The Morgan fingerprint density at radius 1 is 1.45 bits per heavy atom. The van der Waals surface area contributed by atoms with E-state index in [2.05, 4.69) is 0 Å². The van der Waals surface area contributed by atoms with Gasteiger partial charge in [-0.2, -0.15) is 0 Å². The third-order valence-corrected chi connectivity index (χ3v) is 4.29. The summed E-state index contributed by atoms with van der Waals surface area (Å²) in [7, 11) is 1.60. The number of alkyl halides is 1. The fourth-order valence-corrected chi connectivity index (χ4v) is 3.09. The van der Waals surface area contributed by atoms with Crippen molar-refractivity contribution in [3.05, 3.63) is 29.8 Å². The Hall–Kier alpha value is -1.82. The van der Waals surface area contributed by atoms with Crippen LogP contribution in [-0.4, -0.2) is 43.0 Å². The number of amides is 2. The summed E-state index contributed by atoms with van der Waals surface area (Å²) in [5, 5.41) is 0. The fraction of sp³-hybridized carbons (Fsp3) is 0.562. The van der Waals surface area contributed by atoms with E-state index in [0.717, 1.165) is 11.3 Å². The molecule has 1 aromatic carbocycles. The first-order chi connectivity index (χ1) is 10.4. The number of nitrogens with two attached hydrogens (primary N) is 1. The first kappa shape index (κ1) is 16.5. The van der Waals surface area contributed by atoms with Crippen LogP contribution in [0.15, 0.2) is 24.3 Å². The van der Waals surface area contributed by atoms with Gasteiger partial charge in [0, 0.05) is 6.42 Å². The summed E-state index contributed by atoms with van der Waals surface area (Å²) < 4.78 is 23.7. The molecule has 0 aliphatic carbocycles. The SMILES string of the molecule is COc1ccc(C2COC(CCF)C(C)(C)N2C(N)=O)cc1. The molecule has 2 rings (SSSR count). The maximum atomic E-state index is 12.7. The van der Waals surface area contributed by atoms with Crippen LogP contribution < -0.4 is 10.5 Å². The number of urea groups is 1. The number of halogens is 1. The summed E-state index contributed by atoms with van der Waals surface area (Å²) in [6.45, 7) is 3.51. The van der Waals surface area contributed by atoms with Crippen molar-refractivity contribution in [2.75, 3.05) is 20.4 Å². The molecule has 1 aliphatic heterocycles. The van der Waals surface area contributed by atoms with E-state index in [0.29, 0.717) is 6.61 Å². The maximum absolute atomic E-state index is 12.7. The van der Waals surface area contributed by atoms with Crippen molar-refractivity contribution in [2.45, 2.75) is 38.0 Å². The van der Waals surface area contributed by atoms with Gasteiger partial charge in [0.15, 0.2) is 0 Å². The van der Waals surface area contributed by atoms with Crippen molar-refractivity contribution in [1.29, 1.82) is 0 Å². The van der Waals surface area contributed by atoms with Crippen molar-refractivity contribution < 1.29 is 18.7 Å². The minimum atomic E-state index is -0.680. The number of morpholine rings is 1. The molecule has 2 atom stereocenters. The van der Waals surface area contributed by atoms with E-state index >= 15 is 0 Å². The largest absolute Gasteiger partial charge is 0.497 e. The third kappa shape index (κ3) is 3.02. The summed E-state index contributed by atoms with van der Waals surface area (Å²) in [5.74, 6) is 0.737. The van der Waals surface area contributed by atoms with E-state index < -0.39 is 18.2 Å². The minimum absolute atomic E-state index is 0.242. The van der Waals surface area contributed by atoms with E-state index in [1.165, 1.54) is 0 Å². The highest BCUT2D eigenvalue weighted by Gasteiger charge is 2.46. The van der Waals surface area contributed by atoms with Crippen LogP contribution in [0.3, 0.4) is 0 Å². The second-order valence-electron chi connectivity index (χ2n) is 5.95. The van der Waals surface area contributed by atoms with Gasteiger partial charge in [-0.1, -0.05) is 12.1 Å². The highest BCUT2D eigenvalue weighted by molar-refractivity contribution is 5.74. The van der Waals surface area contributed by atoms with Crippen LogP contribution >= 0.6 is 0 Å². The summed E-state index contributed by atoms with van der Waals surface area (Å²) >= 11 is 0. The Morgan fingerprint density at radius 2 is 2.09 bits per heavy atom. The number of methoxy groups -OCH3 is 1. The molecule has 1 aliphatic rings. The third-order valence-electron chi connectivity index (χ3n) is 4.29. The summed E-state index contributed by atoms with van der Waals surface area (Å²) in [4.78, 5) is 13.6. The first-order valence-corrected chi connectivity index (χ1v) is 7.32. The Morgan fingerprint density at radius 3 is 2.59 bits per heavy atom. The van der Waals surface area contributed by atoms with Crippen LogP contribution in [-0.2, 0) is 4.74 Å². The van der Waals surface area contributed by atoms with Crippen LogP contribution in [0, 0.1) is 0 Å². The molecule has 1 saturated heterocycles. The zero-order chi connectivity index (χ0) is 16.3. The van der Waals surface area contributed by atoms with Gasteiger partial charge in [-0.05, 0) is 31.5 Å². The molecule has 5 nitrogen and oxygen atoms in total. The number of hydrogen-bond acceptors (Lipinski definition) is 3. The molecule has 0 bridgehead atoms. The molecule has 2 N–H and O–H groups in total. The molecule has 0 saturated carbocycles. The normalized spacial score (nSPS) is 24.1. The van der Waals surface area contributed by atoms with E-state index in [-0.39, 0.29) is 18.6 Å². The van der Waals surface area contributed by atoms with E-state index in [4.69, 9.17) is 15.2 Å². The highest BCUT2D eigenvalue weighted by atomic mass is 19.1. The van der Waals surface area contributed by atoms with Gasteiger partial charge in [0.1, 0.15) is 5.75 Å². The molecule has 122 valence electrons. The van der Waals surface area contributed by atoms with Crippen LogP contribution in [0.2, 0.25) is 0 Å². The monoisotopic (exact) mass is 310 g/mol. The van der Waals surface area contributed by atoms with Gasteiger partial charge in [0.05, 0.1) is 38.1 Å². The average Bonchev–Trinajstić information content (AvgIpc) is 2.48. The molecule has 1 aromatic rings. The zero-order valence-electron chi connectivity index (χ0n) is 13.2. The lowest BCUT2D eigenvalue weighted by molar-refractivity contribution is -0.126. The highest BCUT2D eigenvalue weighted by Crippen LogP contribution is 2.38. The van der Waals surface area contributed by atoms with Gasteiger partial charge < -0.3 is 20.1 Å². The van der Waals surface area contributed by atoms with Gasteiger partial charge in [0.25, 0.3) is 0 Å². The van der Waals surface area contributed by atoms with Crippen molar-refractivity contribution in [1.82, 2.24) is 4.90 Å². The number of hydrogen-bond donors (Lipinski definition) is 1. The standard InChI is InChI=1S/C16H23FN2O3/c1-16(2)14(8-9-17)22-10-13(19(16)15(18)20)11-4-6-12(21-3)7-5-11/h4-7,13-14H,8-10H2,1-3H3,(H2,18,20). The molecule has 2 amide bonds. The number of benzene rings is 1. The molecule has 6 heteroatoms. The Balaban J connectivity index is 2.32.